The van der Waals surface area contributed by atoms with Gasteiger partial charge >= 0.3 is 0 Å². The van der Waals surface area contributed by atoms with Crippen LogP contribution in [0.4, 0.5) is 0 Å². The number of hydrogen-bond acceptors (Lipinski definition) is 2. The van der Waals surface area contributed by atoms with E-state index < -0.39 is 0 Å². The molecule has 20 heavy (non-hydrogen) atoms. The van der Waals surface area contributed by atoms with E-state index in [1.807, 2.05) is 50.4 Å². The number of nitrogens with zero attached hydrogens (tertiary/aromatic N) is 2. The van der Waals surface area contributed by atoms with Crippen molar-refractivity contribution in [2.75, 3.05) is 13.6 Å². The zero-order valence-corrected chi connectivity index (χ0v) is 13.2. The maximum absolute atomic E-state index is 12.3. The van der Waals surface area contributed by atoms with Crippen LogP contribution < -0.4 is 0 Å². The Morgan fingerprint density at radius 1 is 1.30 bits per heavy atom. The predicted octanol–water partition coefficient (Wildman–Crippen LogP) is 3.47. The van der Waals surface area contributed by atoms with Crippen molar-refractivity contribution in [2.45, 2.75) is 13.3 Å². The Morgan fingerprint density at radius 2 is 2.10 bits per heavy atom. The number of rotatable bonds is 4. The molecule has 1 aromatic heterocycles. The highest BCUT2D eigenvalue weighted by atomic mass is 79.9. The second-order valence-electron chi connectivity index (χ2n) is 4.76. The summed E-state index contributed by atoms with van der Waals surface area (Å²) in [6.07, 6.45) is 2.54. The van der Waals surface area contributed by atoms with Crippen LogP contribution in [0.5, 0.6) is 0 Å². The number of aryl methyl sites for hydroxylation is 1. The minimum absolute atomic E-state index is 0.0385. The highest BCUT2D eigenvalue weighted by Gasteiger charge is 2.12. The monoisotopic (exact) mass is 332 g/mol. The summed E-state index contributed by atoms with van der Waals surface area (Å²) in [5.74, 6) is 0.0385. The molecule has 104 valence electrons. The minimum Gasteiger partial charge on any atom is -0.341 e. The van der Waals surface area contributed by atoms with Crippen LogP contribution in [0.3, 0.4) is 0 Å². The van der Waals surface area contributed by atoms with Gasteiger partial charge in [0.15, 0.2) is 0 Å². The van der Waals surface area contributed by atoms with Crippen LogP contribution in [0.15, 0.2) is 47.1 Å². The summed E-state index contributed by atoms with van der Waals surface area (Å²) in [4.78, 5) is 18.3. The lowest BCUT2D eigenvalue weighted by Crippen LogP contribution is -2.29. The van der Waals surface area contributed by atoms with Gasteiger partial charge in [0.25, 0.3) is 5.91 Å². The van der Waals surface area contributed by atoms with Gasteiger partial charge in [-0.05, 0) is 42.8 Å². The maximum Gasteiger partial charge on any atom is 0.253 e. The van der Waals surface area contributed by atoms with E-state index in [1.54, 1.807) is 11.1 Å². The smallest absolute Gasteiger partial charge is 0.253 e. The largest absolute Gasteiger partial charge is 0.341 e. The van der Waals surface area contributed by atoms with Gasteiger partial charge in [0, 0.05) is 41.9 Å². The molecule has 0 saturated carbocycles. The Morgan fingerprint density at radius 3 is 2.75 bits per heavy atom. The number of carbonyl (C=O) groups is 1. The first-order valence-corrected chi connectivity index (χ1v) is 7.29. The van der Waals surface area contributed by atoms with Crippen LogP contribution in [-0.4, -0.2) is 29.4 Å². The van der Waals surface area contributed by atoms with Gasteiger partial charge in [-0.25, -0.2) is 0 Å². The molecule has 0 radical (unpaired) electrons. The van der Waals surface area contributed by atoms with Gasteiger partial charge in [0.1, 0.15) is 0 Å². The molecule has 0 saturated heterocycles. The van der Waals surface area contributed by atoms with E-state index >= 15 is 0 Å². The van der Waals surface area contributed by atoms with Crippen molar-refractivity contribution in [2.24, 2.45) is 0 Å². The third kappa shape index (κ3) is 3.67. The van der Waals surface area contributed by atoms with Crippen LogP contribution in [-0.2, 0) is 6.42 Å². The predicted molar refractivity (Wildman–Crippen MR) is 83.8 cm³/mol. The lowest BCUT2D eigenvalue weighted by atomic mass is 10.1. The highest BCUT2D eigenvalue weighted by molar-refractivity contribution is 9.10. The first-order valence-electron chi connectivity index (χ1n) is 6.49. The second kappa shape index (κ2) is 6.66. The topological polar surface area (TPSA) is 33.2 Å². The van der Waals surface area contributed by atoms with Crippen LogP contribution in [0.2, 0.25) is 0 Å². The zero-order valence-electron chi connectivity index (χ0n) is 11.6. The van der Waals surface area contributed by atoms with Gasteiger partial charge in [-0.15, -0.1) is 0 Å². The fourth-order valence-corrected chi connectivity index (χ4v) is 2.17. The van der Waals surface area contributed by atoms with Gasteiger partial charge in [-0.3, -0.25) is 9.78 Å². The number of benzene rings is 1. The summed E-state index contributed by atoms with van der Waals surface area (Å²) in [6.45, 7) is 2.64. The van der Waals surface area contributed by atoms with E-state index in [0.29, 0.717) is 12.1 Å². The number of halogens is 1. The molecule has 0 atom stereocenters. The summed E-state index contributed by atoms with van der Waals surface area (Å²) in [6, 6.07) is 11.5. The van der Waals surface area contributed by atoms with Crippen LogP contribution >= 0.6 is 15.9 Å². The van der Waals surface area contributed by atoms with Gasteiger partial charge in [0.05, 0.1) is 0 Å². The molecule has 0 aliphatic carbocycles. The van der Waals surface area contributed by atoms with Gasteiger partial charge in [-0.1, -0.05) is 22.0 Å². The van der Waals surface area contributed by atoms with Crippen molar-refractivity contribution >= 4 is 21.8 Å². The SMILES string of the molecule is Cc1cc(C(=O)N(C)CCc2ccccn2)ccc1Br. The molecule has 1 amide bonds. The molecule has 0 aliphatic heterocycles. The summed E-state index contributed by atoms with van der Waals surface area (Å²) in [7, 11) is 1.82. The van der Waals surface area contributed by atoms with Crippen LogP contribution in [0.25, 0.3) is 0 Å². The van der Waals surface area contributed by atoms with Crippen molar-refractivity contribution in [3.8, 4) is 0 Å². The lowest BCUT2D eigenvalue weighted by Gasteiger charge is -2.17. The number of carbonyl (C=O) groups excluding carboxylic acids is 1. The van der Waals surface area contributed by atoms with E-state index in [4.69, 9.17) is 0 Å². The molecule has 0 unspecified atom stereocenters. The van der Waals surface area contributed by atoms with Gasteiger partial charge in [0.2, 0.25) is 0 Å². The molecule has 1 aromatic carbocycles. The Labute approximate surface area is 127 Å². The molecular weight excluding hydrogens is 316 g/mol. The molecule has 0 fully saturated rings. The number of likely N-dealkylation sites (N-methyl/N-ethyl adjacent to an activating group) is 1. The molecule has 0 spiro atoms. The van der Waals surface area contributed by atoms with Crippen molar-refractivity contribution in [1.82, 2.24) is 9.88 Å². The maximum atomic E-state index is 12.3. The van der Waals surface area contributed by atoms with Gasteiger partial charge < -0.3 is 4.90 Å². The fraction of sp³-hybridized carbons (Fsp3) is 0.250. The second-order valence-corrected chi connectivity index (χ2v) is 5.62. The van der Waals surface area contributed by atoms with Gasteiger partial charge in [-0.2, -0.15) is 0 Å². The zero-order chi connectivity index (χ0) is 14.5. The molecule has 0 aliphatic rings. The van der Waals surface area contributed by atoms with E-state index in [2.05, 4.69) is 20.9 Å². The Hall–Kier alpha value is -1.68. The molecule has 0 N–H and O–H groups in total. The summed E-state index contributed by atoms with van der Waals surface area (Å²) >= 11 is 3.44. The van der Waals surface area contributed by atoms with Crippen molar-refractivity contribution in [1.29, 1.82) is 0 Å². The number of aromatic nitrogens is 1. The number of pyridine rings is 1. The third-order valence-electron chi connectivity index (χ3n) is 3.18. The van der Waals surface area contributed by atoms with Crippen LogP contribution in [0, 0.1) is 6.92 Å². The van der Waals surface area contributed by atoms with E-state index in [0.717, 1.165) is 22.2 Å². The average Bonchev–Trinajstić information content (AvgIpc) is 2.48. The molecular formula is C16H17BrN2O. The van der Waals surface area contributed by atoms with E-state index in [1.165, 1.54) is 0 Å². The van der Waals surface area contributed by atoms with E-state index in [-0.39, 0.29) is 5.91 Å². The Balaban J connectivity index is 1.99. The van der Waals surface area contributed by atoms with Crippen molar-refractivity contribution in [3.05, 3.63) is 63.9 Å². The summed E-state index contributed by atoms with van der Waals surface area (Å²) in [5.41, 5.74) is 2.78. The first kappa shape index (κ1) is 14.7. The van der Waals surface area contributed by atoms with Crippen molar-refractivity contribution < 1.29 is 4.79 Å². The Kier molecular flexibility index (Phi) is 4.90. The standard InChI is InChI=1S/C16H17BrN2O/c1-12-11-13(6-7-15(12)17)16(20)19(2)10-8-14-5-3-4-9-18-14/h3-7,9,11H,8,10H2,1-2H3. The summed E-state index contributed by atoms with van der Waals surface area (Å²) in [5, 5.41) is 0. The van der Waals surface area contributed by atoms with E-state index in [9.17, 15) is 4.79 Å². The highest BCUT2D eigenvalue weighted by Crippen LogP contribution is 2.18. The first-order chi connectivity index (χ1) is 9.58. The molecule has 3 nitrogen and oxygen atoms in total. The molecule has 2 aromatic rings. The van der Waals surface area contributed by atoms with Crippen LogP contribution in [0.1, 0.15) is 21.6 Å². The van der Waals surface area contributed by atoms with Crippen molar-refractivity contribution in [3.63, 3.8) is 0 Å². The quantitative estimate of drug-likeness (QED) is 0.858. The molecule has 0 bridgehead atoms. The third-order valence-corrected chi connectivity index (χ3v) is 4.07. The Bertz CT molecular complexity index is 599. The molecule has 1 heterocycles. The average molecular weight is 333 g/mol. The normalized spacial score (nSPS) is 10.3. The number of hydrogen-bond donors (Lipinski definition) is 0. The summed E-state index contributed by atoms with van der Waals surface area (Å²) < 4.78 is 1.02. The lowest BCUT2D eigenvalue weighted by molar-refractivity contribution is 0.0796. The fourth-order valence-electron chi connectivity index (χ4n) is 1.93. The molecule has 4 heteroatoms. The molecule has 2 rings (SSSR count). The number of amides is 1. The minimum atomic E-state index is 0.0385.